The number of anilines is 1. The van der Waals surface area contributed by atoms with Crippen LogP contribution in [-0.4, -0.2) is 20.8 Å². The third kappa shape index (κ3) is 3.71. The number of para-hydroxylation sites is 1. The SMILES string of the molecule is CCCC(C)(N)C(=O)Nc1c(C)n(C)n(-c2ccccc2)c1=O.Cl. The van der Waals surface area contributed by atoms with Crippen LogP contribution in [0.2, 0.25) is 0 Å². The minimum atomic E-state index is -0.999. The van der Waals surface area contributed by atoms with E-state index in [9.17, 15) is 9.59 Å². The Bertz CT molecular complexity index is 763. The van der Waals surface area contributed by atoms with Crippen molar-refractivity contribution in [2.75, 3.05) is 5.32 Å². The fourth-order valence-corrected chi connectivity index (χ4v) is 2.60. The van der Waals surface area contributed by atoms with E-state index in [0.29, 0.717) is 12.1 Å². The average Bonchev–Trinajstić information content (AvgIpc) is 2.72. The summed E-state index contributed by atoms with van der Waals surface area (Å²) >= 11 is 0. The van der Waals surface area contributed by atoms with Gasteiger partial charge in [0.2, 0.25) is 5.91 Å². The van der Waals surface area contributed by atoms with Gasteiger partial charge < -0.3 is 11.1 Å². The first-order valence-corrected chi connectivity index (χ1v) is 7.74. The van der Waals surface area contributed by atoms with Gasteiger partial charge in [0.1, 0.15) is 5.69 Å². The summed E-state index contributed by atoms with van der Waals surface area (Å²) in [5.41, 5.74) is 6.48. The van der Waals surface area contributed by atoms with E-state index in [-0.39, 0.29) is 29.6 Å². The topological polar surface area (TPSA) is 82.1 Å². The molecule has 132 valence electrons. The largest absolute Gasteiger partial charge is 0.318 e. The van der Waals surface area contributed by atoms with E-state index in [0.717, 1.165) is 12.1 Å². The molecule has 0 aliphatic heterocycles. The Morgan fingerprint density at radius 2 is 1.88 bits per heavy atom. The number of carbonyl (C=O) groups excluding carboxylic acids is 1. The van der Waals surface area contributed by atoms with Crippen LogP contribution in [0.3, 0.4) is 0 Å². The monoisotopic (exact) mass is 352 g/mol. The lowest BCUT2D eigenvalue weighted by Gasteiger charge is -2.22. The number of nitrogens with zero attached hydrogens (tertiary/aromatic N) is 2. The summed E-state index contributed by atoms with van der Waals surface area (Å²) in [5.74, 6) is -0.342. The van der Waals surface area contributed by atoms with Crippen molar-refractivity contribution in [3.05, 3.63) is 46.4 Å². The van der Waals surface area contributed by atoms with Gasteiger partial charge in [0.15, 0.2) is 0 Å². The molecule has 1 aromatic heterocycles. The van der Waals surface area contributed by atoms with Gasteiger partial charge in [0.05, 0.1) is 16.9 Å². The van der Waals surface area contributed by atoms with Gasteiger partial charge in [-0.05, 0) is 32.4 Å². The van der Waals surface area contributed by atoms with Crippen LogP contribution in [0.15, 0.2) is 35.1 Å². The quantitative estimate of drug-likeness (QED) is 0.866. The third-order valence-corrected chi connectivity index (χ3v) is 4.08. The third-order valence-electron chi connectivity index (χ3n) is 4.08. The number of rotatable bonds is 5. The molecule has 24 heavy (non-hydrogen) atoms. The van der Waals surface area contributed by atoms with Crippen LogP contribution in [0.5, 0.6) is 0 Å². The maximum absolute atomic E-state index is 12.7. The molecule has 0 fully saturated rings. The molecule has 2 aromatic rings. The van der Waals surface area contributed by atoms with E-state index >= 15 is 0 Å². The number of benzene rings is 1. The molecule has 0 saturated carbocycles. The second-order valence-electron chi connectivity index (χ2n) is 6.06. The maximum atomic E-state index is 12.7. The zero-order chi connectivity index (χ0) is 17.2. The highest BCUT2D eigenvalue weighted by molar-refractivity contribution is 5.97. The predicted octanol–water partition coefficient (Wildman–Crippen LogP) is 2.36. The second kappa shape index (κ2) is 7.68. The molecule has 6 nitrogen and oxygen atoms in total. The summed E-state index contributed by atoms with van der Waals surface area (Å²) in [7, 11) is 1.78. The Morgan fingerprint density at radius 3 is 2.42 bits per heavy atom. The first kappa shape index (κ1) is 20.0. The maximum Gasteiger partial charge on any atom is 0.295 e. The first-order valence-electron chi connectivity index (χ1n) is 7.74. The predicted molar refractivity (Wildman–Crippen MR) is 99.1 cm³/mol. The van der Waals surface area contributed by atoms with Crippen molar-refractivity contribution in [1.82, 2.24) is 9.36 Å². The Hall–Kier alpha value is -2.05. The van der Waals surface area contributed by atoms with Gasteiger partial charge in [-0.3, -0.25) is 14.3 Å². The molecule has 0 aliphatic rings. The Morgan fingerprint density at radius 1 is 1.29 bits per heavy atom. The molecule has 3 N–H and O–H groups in total. The number of carbonyl (C=O) groups is 1. The van der Waals surface area contributed by atoms with Gasteiger partial charge in [-0.15, -0.1) is 12.4 Å². The molecule has 1 atom stereocenters. The molecule has 0 bridgehead atoms. The van der Waals surface area contributed by atoms with Crippen LogP contribution >= 0.6 is 12.4 Å². The van der Waals surface area contributed by atoms with Crippen LogP contribution in [0.25, 0.3) is 5.69 Å². The molecule has 1 heterocycles. The van der Waals surface area contributed by atoms with Gasteiger partial charge in [-0.2, -0.15) is 0 Å². The van der Waals surface area contributed by atoms with Crippen LogP contribution in [-0.2, 0) is 11.8 Å². The van der Waals surface area contributed by atoms with Crippen molar-refractivity contribution in [2.24, 2.45) is 12.8 Å². The molecule has 1 amide bonds. The number of nitrogens with one attached hydrogen (secondary N) is 1. The van der Waals surface area contributed by atoms with Crippen molar-refractivity contribution in [3.8, 4) is 5.69 Å². The Balaban J connectivity index is 0.00000288. The lowest BCUT2D eigenvalue weighted by molar-refractivity contribution is -0.120. The molecule has 7 heteroatoms. The average molecular weight is 353 g/mol. The number of amides is 1. The smallest absolute Gasteiger partial charge is 0.295 e. The number of aromatic nitrogens is 2. The molecule has 0 aliphatic carbocycles. The molecule has 0 radical (unpaired) electrons. The summed E-state index contributed by atoms with van der Waals surface area (Å²) < 4.78 is 3.25. The van der Waals surface area contributed by atoms with E-state index in [1.54, 1.807) is 25.6 Å². The second-order valence-corrected chi connectivity index (χ2v) is 6.06. The molecule has 2 rings (SSSR count). The van der Waals surface area contributed by atoms with Gasteiger partial charge in [-0.1, -0.05) is 31.5 Å². The zero-order valence-electron chi connectivity index (χ0n) is 14.5. The minimum absolute atomic E-state index is 0. The normalized spacial score (nSPS) is 13.0. The van der Waals surface area contributed by atoms with Crippen molar-refractivity contribution in [3.63, 3.8) is 0 Å². The molecule has 0 saturated heterocycles. The zero-order valence-corrected chi connectivity index (χ0v) is 15.3. The summed E-state index contributed by atoms with van der Waals surface area (Å²) in [6.07, 6.45) is 1.35. The van der Waals surface area contributed by atoms with Crippen molar-refractivity contribution in [1.29, 1.82) is 0 Å². The minimum Gasteiger partial charge on any atom is -0.318 e. The van der Waals surface area contributed by atoms with E-state index in [1.165, 1.54) is 4.68 Å². The lowest BCUT2D eigenvalue weighted by atomic mass is 9.96. The highest BCUT2D eigenvalue weighted by Gasteiger charge is 2.29. The molecule has 1 aromatic carbocycles. The summed E-state index contributed by atoms with van der Waals surface area (Å²) in [4.78, 5) is 25.1. The van der Waals surface area contributed by atoms with Crippen LogP contribution in [0.4, 0.5) is 5.69 Å². The van der Waals surface area contributed by atoms with Gasteiger partial charge in [-0.25, -0.2) is 4.68 Å². The molecular formula is C17H25ClN4O2. The number of hydrogen-bond acceptors (Lipinski definition) is 3. The van der Waals surface area contributed by atoms with Crippen molar-refractivity contribution in [2.45, 2.75) is 39.2 Å². The fourth-order valence-electron chi connectivity index (χ4n) is 2.60. The standard InChI is InChI=1S/C17H24N4O2.ClH/c1-5-11-17(3,18)16(23)19-14-12(2)20(4)21(15(14)22)13-9-7-6-8-10-13;/h6-10H,5,11,18H2,1-4H3,(H,19,23);1H. The van der Waals surface area contributed by atoms with Crippen LogP contribution in [0.1, 0.15) is 32.4 Å². The number of hydrogen-bond donors (Lipinski definition) is 2. The summed E-state index contributed by atoms with van der Waals surface area (Å²) in [5, 5.41) is 2.72. The Kier molecular flexibility index (Phi) is 6.40. The number of nitrogens with two attached hydrogens (primary N) is 1. The van der Waals surface area contributed by atoms with Gasteiger partial charge >= 0.3 is 0 Å². The van der Waals surface area contributed by atoms with E-state index < -0.39 is 5.54 Å². The van der Waals surface area contributed by atoms with E-state index in [4.69, 9.17) is 5.73 Å². The van der Waals surface area contributed by atoms with E-state index in [1.807, 2.05) is 37.3 Å². The van der Waals surface area contributed by atoms with Crippen molar-refractivity contribution < 1.29 is 4.79 Å². The Labute approximate surface area is 148 Å². The summed E-state index contributed by atoms with van der Waals surface area (Å²) in [6.45, 7) is 5.44. The first-order chi connectivity index (χ1) is 10.8. The highest BCUT2D eigenvalue weighted by Crippen LogP contribution is 2.17. The highest BCUT2D eigenvalue weighted by atomic mass is 35.5. The van der Waals surface area contributed by atoms with Crippen molar-refractivity contribution >= 4 is 24.0 Å². The van der Waals surface area contributed by atoms with Crippen LogP contribution in [0, 0.1) is 6.92 Å². The summed E-state index contributed by atoms with van der Waals surface area (Å²) in [6, 6.07) is 9.30. The lowest BCUT2D eigenvalue weighted by Crippen LogP contribution is -2.48. The molecule has 0 spiro atoms. The van der Waals surface area contributed by atoms with E-state index in [2.05, 4.69) is 5.32 Å². The molecular weight excluding hydrogens is 328 g/mol. The van der Waals surface area contributed by atoms with Gasteiger partial charge in [0.25, 0.3) is 5.56 Å². The number of halogens is 1. The fraction of sp³-hybridized carbons (Fsp3) is 0.412. The molecule has 1 unspecified atom stereocenters. The van der Waals surface area contributed by atoms with Gasteiger partial charge in [0, 0.05) is 7.05 Å². The van der Waals surface area contributed by atoms with Crippen LogP contribution < -0.4 is 16.6 Å².